The first kappa shape index (κ1) is 18.3. The Morgan fingerprint density at radius 1 is 0.950 bits per heavy atom. The zero-order valence-electron chi connectivity index (χ0n) is 11.0. The molecule has 0 bridgehead atoms. The lowest BCUT2D eigenvalue weighted by Gasteiger charge is -2.27. The molecule has 0 saturated carbocycles. The van der Waals surface area contributed by atoms with Gasteiger partial charge in [-0.25, -0.2) is 11.7 Å². The number of amides is 2. The molecule has 2 unspecified atom stereocenters. The van der Waals surface area contributed by atoms with Gasteiger partial charge in [0, 0.05) is 33.5 Å². The molecule has 0 aromatic rings. The van der Waals surface area contributed by atoms with Crippen LogP contribution in [0.15, 0.2) is 0 Å². The van der Waals surface area contributed by atoms with Crippen LogP contribution in [-0.4, -0.2) is 56.8 Å². The van der Waals surface area contributed by atoms with Crippen LogP contribution in [0.1, 0.15) is 0 Å². The Bertz CT molecular complexity index is 284. The summed E-state index contributed by atoms with van der Waals surface area (Å²) in [5.74, 6) is 14.8. The van der Waals surface area contributed by atoms with Gasteiger partial charge in [-0.15, -0.1) is 0 Å². The van der Waals surface area contributed by atoms with Crippen molar-refractivity contribution >= 4 is 58.9 Å². The first-order valence-corrected chi connectivity index (χ1v) is 10.4. The molecule has 20 heavy (non-hydrogen) atoms. The van der Waals surface area contributed by atoms with Crippen molar-refractivity contribution in [3.63, 3.8) is 0 Å². The van der Waals surface area contributed by atoms with E-state index in [0.717, 1.165) is 23.0 Å². The van der Waals surface area contributed by atoms with Gasteiger partial charge in [0.05, 0.1) is 11.5 Å². The van der Waals surface area contributed by atoms with E-state index in [1.54, 1.807) is 23.5 Å². The second-order valence-electron chi connectivity index (χ2n) is 4.08. The third-order valence-corrected chi connectivity index (χ3v) is 8.28. The van der Waals surface area contributed by atoms with E-state index < -0.39 is 0 Å². The number of nitrogens with two attached hydrogens (primary N) is 2. The number of nitrogens with one attached hydrogen (secondary N) is 2. The second kappa shape index (κ2) is 10.9. The van der Waals surface area contributed by atoms with Gasteiger partial charge < -0.3 is 0 Å². The highest BCUT2D eigenvalue weighted by atomic mass is 32.2. The van der Waals surface area contributed by atoms with Crippen molar-refractivity contribution in [1.82, 2.24) is 10.9 Å². The zero-order valence-corrected chi connectivity index (χ0v) is 14.3. The molecule has 1 rings (SSSR count). The fourth-order valence-corrected chi connectivity index (χ4v) is 7.06. The molecule has 0 radical (unpaired) electrons. The predicted octanol–water partition coefficient (Wildman–Crippen LogP) is -0.350. The number of hydrazine groups is 2. The maximum atomic E-state index is 11.0. The summed E-state index contributed by atoms with van der Waals surface area (Å²) in [5, 5.41) is 1.17. The minimum atomic E-state index is -0.129. The Hall–Kier alpha value is 0.260. The molecule has 6 N–H and O–H groups in total. The summed E-state index contributed by atoms with van der Waals surface area (Å²) in [6, 6.07) is 0. The van der Waals surface area contributed by atoms with Gasteiger partial charge in [0.25, 0.3) is 0 Å². The van der Waals surface area contributed by atoms with Crippen LogP contribution < -0.4 is 22.5 Å². The van der Waals surface area contributed by atoms with Crippen molar-refractivity contribution in [1.29, 1.82) is 0 Å². The molecular formula is C10H20N4O2S4. The lowest BCUT2D eigenvalue weighted by Crippen LogP contribution is -2.32. The molecule has 2 atom stereocenters. The third-order valence-electron chi connectivity index (χ3n) is 2.43. The third kappa shape index (κ3) is 7.89. The van der Waals surface area contributed by atoms with Gasteiger partial charge in [0.15, 0.2) is 0 Å². The molecule has 0 aliphatic carbocycles. The lowest BCUT2D eigenvalue weighted by molar-refractivity contribution is -0.119. The van der Waals surface area contributed by atoms with Crippen LogP contribution >= 0.6 is 47.0 Å². The molecule has 0 aromatic carbocycles. The summed E-state index contributed by atoms with van der Waals surface area (Å²) < 4.78 is 0. The van der Waals surface area contributed by atoms with E-state index in [2.05, 4.69) is 10.9 Å². The normalized spacial score (nSPS) is 22.3. The largest absolute Gasteiger partial charge is 0.294 e. The van der Waals surface area contributed by atoms with Gasteiger partial charge in [-0.3, -0.25) is 20.4 Å². The van der Waals surface area contributed by atoms with Gasteiger partial charge in [-0.05, 0) is 0 Å². The molecule has 0 spiro atoms. The number of hydrogen-bond acceptors (Lipinski definition) is 8. The summed E-state index contributed by atoms with van der Waals surface area (Å²) in [5.41, 5.74) is 4.26. The summed E-state index contributed by atoms with van der Waals surface area (Å²) >= 11 is 7.14. The average molecular weight is 357 g/mol. The number of thioether (sulfide) groups is 4. The fourth-order valence-electron chi connectivity index (χ4n) is 1.42. The van der Waals surface area contributed by atoms with E-state index in [1.165, 1.54) is 0 Å². The van der Waals surface area contributed by atoms with Crippen molar-refractivity contribution < 1.29 is 9.59 Å². The highest BCUT2D eigenvalue weighted by Crippen LogP contribution is 2.33. The Morgan fingerprint density at radius 3 is 1.65 bits per heavy atom. The number of hydrogen-bond donors (Lipinski definition) is 4. The topological polar surface area (TPSA) is 110 Å². The molecular weight excluding hydrogens is 336 g/mol. The van der Waals surface area contributed by atoms with Gasteiger partial charge in [-0.2, -0.15) is 47.0 Å². The fraction of sp³-hybridized carbons (Fsp3) is 0.800. The van der Waals surface area contributed by atoms with Gasteiger partial charge in [0.2, 0.25) is 11.8 Å². The smallest absolute Gasteiger partial charge is 0.243 e. The number of carbonyl (C=O) groups excluding carboxylic acids is 2. The Morgan fingerprint density at radius 2 is 1.35 bits per heavy atom. The van der Waals surface area contributed by atoms with Crippen LogP contribution in [0.25, 0.3) is 0 Å². The molecule has 0 aromatic heterocycles. The first-order chi connectivity index (χ1) is 9.65. The Balaban J connectivity index is 2.05. The second-order valence-corrected chi connectivity index (χ2v) is 8.80. The van der Waals surface area contributed by atoms with E-state index >= 15 is 0 Å². The molecule has 2 amide bonds. The highest BCUT2D eigenvalue weighted by Gasteiger charge is 2.22. The summed E-state index contributed by atoms with van der Waals surface area (Å²) in [4.78, 5) is 22.0. The van der Waals surface area contributed by atoms with Crippen LogP contribution in [0.2, 0.25) is 0 Å². The standard InChI is InChI=1S/C10H20N4O2S4/c11-13-9(15)5-17-1-7-3-20-8(4-19-7)2-18-6-10(16)14-12/h7-8H,1-6,11-12H2,(H,13,15)(H,14,16). The maximum Gasteiger partial charge on any atom is 0.243 e. The van der Waals surface area contributed by atoms with Crippen molar-refractivity contribution in [2.75, 3.05) is 34.5 Å². The van der Waals surface area contributed by atoms with E-state index in [4.69, 9.17) is 11.7 Å². The molecule has 1 heterocycles. The van der Waals surface area contributed by atoms with Gasteiger partial charge in [-0.1, -0.05) is 0 Å². The summed E-state index contributed by atoms with van der Waals surface area (Å²) in [7, 11) is 0. The van der Waals surface area contributed by atoms with Crippen molar-refractivity contribution in [2.24, 2.45) is 11.7 Å². The van der Waals surface area contributed by atoms with Crippen molar-refractivity contribution in [2.45, 2.75) is 10.5 Å². The number of carbonyl (C=O) groups is 2. The minimum absolute atomic E-state index is 0.129. The number of rotatable bonds is 8. The van der Waals surface area contributed by atoms with Crippen LogP contribution in [0.3, 0.4) is 0 Å². The van der Waals surface area contributed by atoms with Crippen LogP contribution in [-0.2, 0) is 9.59 Å². The van der Waals surface area contributed by atoms with Gasteiger partial charge >= 0.3 is 0 Å². The van der Waals surface area contributed by atoms with Crippen molar-refractivity contribution in [3.8, 4) is 0 Å². The maximum absolute atomic E-state index is 11.0. The molecule has 10 heteroatoms. The van der Waals surface area contributed by atoms with E-state index in [0.29, 0.717) is 22.0 Å². The molecule has 1 fully saturated rings. The average Bonchev–Trinajstić information content (AvgIpc) is 2.48. The summed E-state index contributed by atoms with van der Waals surface area (Å²) in [6.07, 6.45) is 0. The molecule has 6 nitrogen and oxygen atoms in total. The lowest BCUT2D eigenvalue weighted by atomic mass is 10.5. The summed E-state index contributed by atoms with van der Waals surface area (Å²) in [6.45, 7) is 0. The van der Waals surface area contributed by atoms with E-state index in [1.807, 2.05) is 23.5 Å². The van der Waals surface area contributed by atoms with Crippen LogP contribution in [0, 0.1) is 0 Å². The highest BCUT2D eigenvalue weighted by molar-refractivity contribution is 8.09. The Labute approximate surface area is 136 Å². The molecule has 116 valence electrons. The quantitative estimate of drug-likeness (QED) is 0.265. The van der Waals surface area contributed by atoms with Crippen LogP contribution in [0.4, 0.5) is 0 Å². The Kier molecular flexibility index (Phi) is 9.99. The minimum Gasteiger partial charge on any atom is -0.294 e. The molecule has 1 aliphatic rings. The van der Waals surface area contributed by atoms with Gasteiger partial charge in [0.1, 0.15) is 0 Å². The van der Waals surface area contributed by atoms with Crippen molar-refractivity contribution in [3.05, 3.63) is 0 Å². The predicted molar refractivity (Wildman–Crippen MR) is 91.8 cm³/mol. The van der Waals surface area contributed by atoms with E-state index in [-0.39, 0.29) is 11.8 Å². The SMILES string of the molecule is NNC(=O)CSCC1CSC(CSCC(=O)NN)CS1. The first-order valence-electron chi connectivity index (χ1n) is 6.03. The molecule has 1 saturated heterocycles. The van der Waals surface area contributed by atoms with Crippen LogP contribution in [0.5, 0.6) is 0 Å². The zero-order chi connectivity index (χ0) is 14.8. The molecule has 1 aliphatic heterocycles. The monoisotopic (exact) mass is 356 g/mol. The van der Waals surface area contributed by atoms with E-state index in [9.17, 15) is 9.59 Å².